The molecule has 0 fully saturated rings. The van der Waals surface area contributed by atoms with Gasteiger partial charge in [0.25, 0.3) is 0 Å². The summed E-state index contributed by atoms with van der Waals surface area (Å²) in [6.07, 6.45) is 30.8. The van der Waals surface area contributed by atoms with Crippen molar-refractivity contribution in [2.75, 3.05) is 92.5 Å². The predicted octanol–water partition coefficient (Wildman–Crippen LogP) is 11.3. The smallest absolute Gasteiger partial charge is 0.305 e. The van der Waals surface area contributed by atoms with E-state index in [1.807, 2.05) is 0 Å². The molecule has 0 spiro atoms. The van der Waals surface area contributed by atoms with E-state index in [2.05, 4.69) is 38.1 Å². The van der Waals surface area contributed by atoms with Crippen molar-refractivity contribution >= 4 is 5.97 Å². The fraction of sp³-hybridized carbons (Fsp3) is 0.851. The van der Waals surface area contributed by atoms with Crippen LogP contribution in [0.3, 0.4) is 0 Å². The van der Waals surface area contributed by atoms with Crippen LogP contribution in [0, 0.1) is 0 Å². The number of esters is 1. The van der Waals surface area contributed by atoms with E-state index in [1.54, 1.807) is 0 Å². The number of unbranched alkanes of at least 4 members (excludes halogenated alkanes) is 20. The van der Waals surface area contributed by atoms with Gasteiger partial charge in [-0.25, -0.2) is 0 Å². The van der Waals surface area contributed by atoms with Crippen molar-refractivity contribution in [2.45, 2.75) is 168 Å². The lowest BCUT2D eigenvalue weighted by molar-refractivity contribution is -0.145. The number of carbonyl (C=O) groups excluding carboxylic acids is 1. The normalized spacial score (nSPS) is 11.4. The molecule has 0 atom stereocenters. The fourth-order valence-electron chi connectivity index (χ4n) is 6.39. The van der Waals surface area contributed by atoms with E-state index in [-0.39, 0.29) is 5.97 Å². The van der Waals surface area contributed by atoms with Gasteiger partial charge in [0.15, 0.2) is 0 Å². The van der Waals surface area contributed by atoms with Crippen LogP contribution in [0.5, 0.6) is 5.75 Å². The maximum absolute atomic E-state index is 11.9. The van der Waals surface area contributed by atoms with Gasteiger partial charge in [0.05, 0.1) is 79.3 Å². The van der Waals surface area contributed by atoms with Crippen LogP contribution in [0.15, 0.2) is 24.3 Å². The first-order chi connectivity index (χ1) is 27.8. The number of ether oxygens (including phenoxy) is 8. The van der Waals surface area contributed by atoms with Crippen LogP contribution < -0.4 is 4.74 Å². The topological polar surface area (TPSA) is 90.9 Å². The van der Waals surface area contributed by atoms with Gasteiger partial charge in [-0.1, -0.05) is 154 Å². The summed E-state index contributed by atoms with van der Waals surface area (Å²) in [6.45, 7) is 11.3. The summed E-state index contributed by atoms with van der Waals surface area (Å²) in [5.74, 6) is 0.764. The van der Waals surface area contributed by atoms with Crippen LogP contribution in [-0.4, -0.2) is 98.5 Å². The summed E-state index contributed by atoms with van der Waals surface area (Å²) < 4.78 is 44.3. The molecule has 328 valence electrons. The molecule has 0 unspecified atom stereocenters. The molecule has 0 saturated carbocycles. The molecule has 9 heteroatoms. The molecule has 1 aromatic rings. The first-order valence-corrected chi connectivity index (χ1v) is 23.1. The Bertz CT molecular complexity index is 913. The highest BCUT2D eigenvalue weighted by Gasteiger charge is 2.03. The maximum Gasteiger partial charge on any atom is 0.305 e. The Hall–Kier alpha value is -1.75. The zero-order valence-corrected chi connectivity index (χ0v) is 36.4. The minimum absolute atomic E-state index is 0.124. The van der Waals surface area contributed by atoms with E-state index in [4.69, 9.17) is 37.9 Å². The number of hydrogen-bond acceptors (Lipinski definition) is 9. The molecule has 0 aliphatic carbocycles. The first kappa shape index (κ1) is 52.3. The Morgan fingerprint density at radius 3 is 1.09 bits per heavy atom. The molecule has 56 heavy (non-hydrogen) atoms. The van der Waals surface area contributed by atoms with Crippen molar-refractivity contribution in [1.82, 2.24) is 0 Å². The van der Waals surface area contributed by atoms with Gasteiger partial charge in [-0.3, -0.25) is 4.79 Å². The van der Waals surface area contributed by atoms with Gasteiger partial charge >= 0.3 is 5.97 Å². The minimum Gasteiger partial charge on any atom is -0.491 e. The average Bonchev–Trinajstić information content (AvgIpc) is 3.21. The Labute approximate surface area is 343 Å². The number of rotatable bonds is 46. The molecule has 0 heterocycles. The predicted molar refractivity (Wildman–Crippen MR) is 229 cm³/mol. The van der Waals surface area contributed by atoms with Crippen molar-refractivity contribution < 1.29 is 42.7 Å². The quantitative estimate of drug-likeness (QED) is 0.0472. The molecule has 0 aromatic heterocycles. The average molecular weight is 795 g/mol. The summed E-state index contributed by atoms with van der Waals surface area (Å²) in [7, 11) is 0. The fourth-order valence-corrected chi connectivity index (χ4v) is 6.39. The van der Waals surface area contributed by atoms with Crippen molar-refractivity contribution in [2.24, 2.45) is 0 Å². The second-order valence-electron chi connectivity index (χ2n) is 15.0. The van der Waals surface area contributed by atoms with Crippen LogP contribution in [0.25, 0.3) is 0 Å². The van der Waals surface area contributed by atoms with Gasteiger partial charge < -0.3 is 37.9 Å². The lowest BCUT2D eigenvalue weighted by Crippen LogP contribution is -2.15. The summed E-state index contributed by atoms with van der Waals surface area (Å²) in [5.41, 5.74) is 1.38. The highest BCUT2D eigenvalue weighted by molar-refractivity contribution is 5.69. The summed E-state index contributed by atoms with van der Waals surface area (Å²) in [4.78, 5) is 11.9. The lowest BCUT2D eigenvalue weighted by Gasteiger charge is -2.09. The van der Waals surface area contributed by atoms with Gasteiger partial charge in [0.1, 0.15) is 19.0 Å². The van der Waals surface area contributed by atoms with Crippen molar-refractivity contribution in [3.8, 4) is 5.75 Å². The molecule has 1 rings (SSSR count). The first-order valence-electron chi connectivity index (χ1n) is 23.1. The van der Waals surface area contributed by atoms with Gasteiger partial charge in [-0.15, -0.1) is 0 Å². The number of aryl methyl sites for hydroxylation is 1. The molecular formula is C47H86O9. The third-order valence-electron chi connectivity index (χ3n) is 9.82. The SMILES string of the molecule is CCCCCCCCCCCCCCCCCC(=O)OCCOCCOCCOCCOCCOCCOCCOc1ccc(CCCCCCCCC)cc1. The third kappa shape index (κ3) is 39.1. The summed E-state index contributed by atoms with van der Waals surface area (Å²) in [5, 5.41) is 0. The second-order valence-corrected chi connectivity index (χ2v) is 15.0. The van der Waals surface area contributed by atoms with Crippen LogP contribution in [-0.2, 0) is 44.4 Å². The molecule has 0 bridgehead atoms. The van der Waals surface area contributed by atoms with Gasteiger partial charge in [-0.2, -0.15) is 0 Å². The van der Waals surface area contributed by atoms with E-state index < -0.39 is 0 Å². The molecular weight excluding hydrogens is 709 g/mol. The van der Waals surface area contributed by atoms with E-state index in [1.165, 1.54) is 134 Å². The Morgan fingerprint density at radius 2 is 0.696 bits per heavy atom. The van der Waals surface area contributed by atoms with E-state index in [0.29, 0.717) is 98.9 Å². The van der Waals surface area contributed by atoms with Crippen LogP contribution in [0.4, 0.5) is 0 Å². The van der Waals surface area contributed by atoms with Gasteiger partial charge in [-0.05, 0) is 37.0 Å². The number of carbonyl (C=O) groups is 1. The molecule has 0 amide bonds. The number of hydrogen-bond donors (Lipinski definition) is 0. The van der Waals surface area contributed by atoms with Crippen molar-refractivity contribution in [3.63, 3.8) is 0 Å². The molecule has 0 radical (unpaired) electrons. The summed E-state index contributed by atoms with van der Waals surface area (Å²) in [6, 6.07) is 8.46. The Balaban J connectivity index is 1.71. The Kier molecular flexibility index (Phi) is 41.4. The zero-order chi connectivity index (χ0) is 40.1. The summed E-state index contributed by atoms with van der Waals surface area (Å²) >= 11 is 0. The van der Waals surface area contributed by atoms with Crippen LogP contribution in [0.1, 0.15) is 167 Å². The molecule has 9 nitrogen and oxygen atoms in total. The van der Waals surface area contributed by atoms with E-state index in [0.717, 1.165) is 25.0 Å². The highest BCUT2D eigenvalue weighted by atomic mass is 16.6. The van der Waals surface area contributed by atoms with E-state index in [9.17, 15) is 4.79 Å². The van der Waals surface area contributed by atoms with E-state index >= 15 is 0 Å². The molecule has 0 N–H and O–H groups in total. The molecule has 0 aliphatic heterocycles. The Morgan fingerprint density at radius 1 is 0.375 bits per heavy atom. The second kappa shape index (κ2) is 44.4. The lowest BCUT2D eigenvalue weighted by atomic mass is 10.0. The molecule has 0 saturated heterocycles. The van der Waals surface area contributed by atoms with Crippen LogP contribution >= 0.6 is 0 Å². The largest absolute Gasteiger partial charge is 0.491 e. The third-order valence-corrected chi connectivity index (χ3v) is 9.82. The van der Waals surface area contributed by atoms with Crippen molar-refractivity contribution in [3.05, 3.63) is 29.8 Å². The molecule has 0 aliphatic rings. The van der Waals surface area contributed by atoms with Crippen molar-refractivity contribution in [1.29, 1.82) is 0 Å². The maximum atomic E-state index is 11.9. The number of benzene rings is 1. The van der Waals surface area contributed by atoms with Crippen LogP contribution in [0.2, 0.25) is 0 Å². The minimum atomic E-state index is -0.124. The van der Waals surface area contributed by atoms with Gasteiger partial charge in [0, 0.05) is 6.42 Å². The van der Waals surface area contributed by atoms with Gasteiger partial charge in [0.2, 0.25) is 0 Å². The monoisotopic (exact) mass is 795 g/mol. The highest BCUT2D eigenvalue weighted by Crippen LogP contribution is 2.16. The zero-order valence-electron chi connectivity index (χ0n) is 36.4. The molecule has 1 aromatic carbocycles. The standard InChI is InChI=1S/C47H86O9/c1-3-5-7-9-11-12-13-14-15-16-17-18-20-22-24-26-47(48)56-44-42-54-40-38-52-36-34-50-32-31-49-33-35-51-37-39-53-41-43-55-46-29-27-45(28-30-46)25-23-21-19-10-8-6-4-2/h27-30H,3-26,31-44H2,1-2H3.